The van der Waals surface area contributed by atoms with E-state index in [1.165, 1.54) is 73.8 Å². The van der Waals surface area contributed by atoms with Gasteiger partial charge in [-0.05, 0) is 101 Å². The van der Waals surface area contributed by atoms with Crippen molar-refractivity contribution in [3.8, 4) is 0 Å². The van der Waals surface area contributed by atoms with Gasteiger partial charge in [-0.15, -0.1) is 0 Å². The van der Waals surface area contributed by atoms with Crippen LogP contribution in [0.15, 0.2) is 24.4 Å². The van der Waals surface area contributed by atoms with Crippen LogP contribution in [0.5, 0.6) is 0 Å². The number of aliphatic hydroxyl groups is 1. The number of amides is 9. The van der Waals surface area contributed by atoms with Crippen LogP contribution in [0.1, 0.15) is 163 Å². The molecule has 9 amide bonds. The molecule has 0 aromatic rings. The van der Waals surface area contributed by atoms with E-state index in [0.29, 0.717) is 6.42 Å². The fourth-order valence-corrected chi connectivity index (χ4v) is 11.1. The Balaban J connectivity index is 4.32. The average molecular weight is 1200 g/mol. The number of ketones is 1. The molecule has 0 aliphatic carbocycles. The van der Waals surface area contributed by atoms with E-state index in [4.69, 9.17) is 0 Å². The van der Waals surface area contributed by atoms with Crippen molar-refractivity contribution in [1.82, 2.24) is 50.2 Å². The lowest BCUT2D eigenvalue weighted by Gasteiger charge is -2.41. The van der Waals surface area contributed by atoms with Crippen molar-refractivity contribution in [1.29, 1.82) is 0 Å². The maximum atomic E-state index is 15.2. The zero-order chi connectivity index (χ0) is 66.0. The standard InChI is InChI=1S/C64H114N10O11/c1-26-28-29-42(15)56(77)55-58(79)67-47(27-2)61(82)68(19)35-53(76)69(20)48(30-36(3)4)52(75)34-46(40(11)12)60(81)70(21)49(31-37(5)6)57(78)66-44(17)43(16)65-45(18)59(80)71(22)50(32-38(7)8)62(83)72(23)51(33-39(9)10)63(84)73(24)54(41(13)14)64(85)74(55)25/h26,28,36-42,44-51,54-56,65,77H,16,27,29-35H2,1-15,17-25H3,(H,66,78)(H,67,79)/b28-26+/t42-,44+,45-,46+,47+,48+,49+,50+,51+,54+,55+,56-/m1/s1. The summed E-state index contributed by atoms with van der Waals surface area (Å²) in [6.07, 6.45) is 3.18. The van der Waals surface area contributed by atoms with Crippen LogP contribution in [0, 0.1) is 47.3 Å². The summed E-state index contributed by atoms with van der Waals surface area (Å²) in [5, 5.41) is 21.0. The molecule has 21 heteroatoms. The molecule has 1 saturated heterocycles. The van der Waals surface area contributed by atoms with Crippen LogP contribution in [-0.2, 0) is 47.9 Å². The number of rotatable bonds is 15. The summed E-state index contributed by atoms with van der Waals surface area (Å²) in [5.41, 5.74) is 0.279. The molecular formula is C64H114N10O11. The minimum absolute atomic E-state index is 0.0440. The average Bonchev–Trinajstić information content (AvgIpc) is 3.59. The van der Waals surface area contributed by atoms with Gasteiger partial charge in [0.25, 0.3) is 0 Å². The van der Waals surface area contributed by atoms with E-state index in [1.54, 1.807) is 47.6 Å². The molecule has 4 N–H and O–H groups in total. The Morgan fingerprint density at radius 3 is 1.42 bits per heavy atom. The molecule has 12 atom stereocenters. The molecule has 1 fully saturated rings. The Hall–Kier alpha value is -5.86. The van der Waals surface area contributed by atoms with Crippen molar-refractivity contribution in [2.24, 2.45) is 47.3 Å². The van der Waals surface area contributed by atoms with E-state index in [-0.39, 0.29) is 79.6 Å². The highest BCUT2D eigenvalue weighted by molar-refractivity contribution is 5.98. The molecule has 0 saturated carbocycles. The summed E-state index contributed by atoms with van der Waals surface area (Å²) in [7, 11) is 10.3. The molecule has 0 aromatic carbocycles. The number of likely N-dealkylation sites (N-methyl/N-ethyl adjacent to an activating group) is 7. The quantitative estimate of drug-likeness (QED) is 0.152. The Kier molecular flexibility index (Phi) is 31.8. The topological polar surface area (TPSA) is 250 Å². The normalized spacial score (nSPS) is 27.0. The molecule has 0 unspecified atom stereocenters. The van der Waals surface area contributed by atoms with Crippen LogP contribution in [0.25, 0.3) is 0 Å². The van der Waals surface area contributed by atoms with Crippen LogP contribution in [0.3, 0.4) is 0 Å². The molecule has 1 rings (SSSR count). The molecular weight excluding hydrogens is 1080 g/mol. The first-order valence-electron chi connectivity index (χ1n) is 30.9. The second-order valence-corrected chi connectivity index (χ2v) is 26.5. The highest BCUT2D eigenvalue weighted by Crippen LogP contribution is 2.28. The van der Waals surface area contributed by atoms with Gasteiger partial charge in [-0.2, -0.15) is 0 Å². The third kappa shape index (κ3) is 21.8. The molecule has 1 heterocycles. The number of nitrogens with zero attached hydrogens (tertiary/aromatic N) is 7. The van der Waals surface area contributed by atoms with Crippen molar-refractivity contribution in [3.63, 3.8) is 0 Å². The minimum atomic E-state index is -1.59. The summed E-state index contributed by atoms with van der Waals surface area (Å²) in [4.78, 5) is 156. The van der Waals surface area contributed by atoms with Crippen molar-refractivity contribution in [2.75, 3.05) is 55.9 Å². The van der Waals surface area contributed by atoms with E-state index in [9.17, 15) is 38.7 Å². The SMILES string of the molecule is C=C1N[C@H](C)C(=O)N(C)[C@@H](CC(C)C)C(=O)N(C)[C@@H](CC(C)C)C(=O)N(C)[C@@H](C(C)C)C(=O)N(C)[C@@H]([C@H](O)[C@H](C)C/C=C/C)C(=O)N[C@@H](CC)C(=O)N(C)CC(=O)N(C)[C@@H](CC(C)C)C(=O)C[C@@H](C(C)C)C(=O)N(C)[C@@H](CC(C)C)C(=O)N[C@H]1C. The Morgan fingerprint density at radius 2 is 0.965 bits per heavy atom. The predicted molar refractivity (Wildman–Crippen MR) is 334 cm³/mol. The smallest absolute Gasteiger partial charge is 0.246 e. The fourth-order valence-electron chi connectivity index (χ4n) is 11.1. The Labute approximate surface area is 511 Å². The van der Waals surface area contributed by atoms with Gasteiger partial charge in [0, 0.05) is 67.4 Å². The number of nitrogens with one attached hydrogen (secondary N) is 3. The van der Waals surface area contributed by atoms with Crippen molar-refractivity contribution in [2.45, 2.75) is 223 Å². The third-order valence-corrected chi connectivity index (χ3v) is 16.6. The first-order chi connectivity index (χ1) is 39.2. The summed E-state index contributed by atoms with van der Waals surface area (Å²) in [6, 6.07) is -9.93. The number of allylic oxidation sites excluding steroid dienone is 2. The number of aliphatic hydroxyl groups excluding tert-OH is 1. The van der Waals surface area contributed by atoms with Gasteiger partial charge in [-0.1, -0.05) is 116 Å². The second-order valence-electron chi connectivity index (χ2n) is 26.5. The van der Waals surface area contributed by atoms with Crippen LogP contribution in [0.2, 0.25) is 0 Å². The van der Waals surface area contributed by atoms with Gasteiger partial charge in [-0.3, -0.25) is 47.9 Å². The van der Waals surface area contributed by atoms with Gasteiger partial charge < -0.3 is 55.4 Å². The van der Waals surface area contributed by atoms with E-state index in [1.807, 2.05) is 82.2 Å². The van der Waals surface area contributed by atoms with E-state index < -0.39 is 138 Å². The molecule has 1 aliphatic rings. The molecule has 0 spiro atoms. The summed E-state index contributed by atoms with van der Waals surface area (Å²) in [5.74, 6) is -8.39. The maximum absolute atomic E-state index is 15.2. The summed E-state index contributed by atoms with van der Waals surface area (Å²) < 4.78 is 0. The lowest BCUT2D eigenvalue weighted by Crippen LogP contribution is -2.63. The fraction of sp³-hybridized carbons (Fsp3) is 0.781. The van der Waals surface area contributed by atoms with Crippen LogP contribution in [0.4, 0.5) is 0 Å². The highest BCUT2D eigenvalue weighted by atomic mass is 16.3. The molecule has 0 aromatic heterocycles. The Morgan fingerprint density at radius 1 is 0.518 bits per heavy atom. The van der Waals surface area contributed by atoms with Gasteiger partial charge >= 0.3 is 0 Å². The van der Waals surface area contributed by atoms with Gasteiger partial charge in [0.05, 0.1) is 24.7 Å². The first kappa shape index (κ1) is 77.2. The first-order valence-corrected chi connectivity index (χ1v) is 30.9. The van der Waals surface area contributed by atoms with Crippen molar-refractivity contribution < 1.29 is 53.1 Å². The van der Waals surface area contributed by atoms with Gasteiger partial charge in [0.15, 0.2) is 5.78 Å². The highest BCUT2D eigenvalue weighted by Gasteiger charge is 2.45. The zero-order valence-corrected chi connectivity index (χ0v) is 56.6. The second kappa shape index (κ2) is 35.1. The molecule has 1 aliphatic heterocycles. The van der Waals surface area contributed by atoms with Crippen molar-refractivity contribution in [3.05, 3.63) is 24.4 Å². The number of carbonyl (C=O) groups is 10. The van der Waals surface area contributed by atoms with E-state index >= 15 is 14.4 Å². The lowest BCUT2D eigenvalue weighted by atomic mass is 9.85. The minimum Gasteiger partial charge on any atom is -0.390 e. The summed E-state index contributed by atoms with van der Waals surface area (Å²) in [6.45, 7) is 34.6. The molecule has 0 radical (unpaired) electrons. The predicted octanol–water partition coefficient (Wildman–Crippen LogP) is 5.35. The van der Waals surface area contributed by atoms with Gasteiger partial charge in [0.1, 0.15) is 42.3 Å². The van der Waals surface area contributed by atoms with Crippen LogP contribution >= 0.6 is 0 Å². The lowest BCUT2D eigenvalue weighted by molar-refractivity contribution is -0.157. The Bertz CT molecular complexity index is 2320. The van der Waals surface area contributed by atoms with Gasteiger partial charge in [-0.25, -0.2) is 0 Å². The van der Waals surface area contributed by atoms with E-state index in [0.717, 1.165) is 9.80 Å². The molecule has 85 heavy (non-hydrogen) atoms. The maximum Gasteiger partial charge on any atom is 0.246 e. The van der Waals surface area contributed by atoms with Gasteiger partial charge in [0.2, 0.25) is 53.2 Å². The van der Waals surface area contributed by atoms with E-state index in [2.05, 4.69) is 22.5 Å². The number of hydrogen-bond acceptors (Lipinski definition) is 12. The largest absolute Gasteiger partial charge is 0.390 e. The van der Waals surface area contributed by atoms with Crippen LogP contribution in [-0.4, -0.2) is 215 Å². The van der Waals surface area contributed by atoms with Crippen molar-refractivity contribution >= 4 is 58.9 Å². The number of carbonyl (C=O) groups excluding carboxylic acids is 10. The molecule has 21 nitrogen and oxygen atoms in total. The number of hydrogen-bond donors (Lipinski definition) is 4. The molecule has 486 valence electrons. The number of Topliss-reactive ketones (excluding diaryl/α,β-unsaturated/α-hetero) is 1. The molecule has 0 bridgehead atoms. The zero-order valence-electron chi connectivity index (χ0n) is 56.6. The van der Waals surface area contributed by atoms with Crippen LogP contribution < -0.4 is 16.0 Å². The monoisotopic (exact) mass is 1200 g/mol. The summed E-state index contributed by atoms with van der Waals surface area (Å²) >= 11 is 0. The third-order valence-electron chi connectivity index (χ3n) is 16.6.